The molecule has 0 N–H and O–H groups in total. The Morgan fingerprint density at radius 1 is 1.77 bits per heavy atom. The minimum Gasteiger partial charge on any atom is -0.427 e. The highest BCUT2D eigenvalue weighted by atomic mass is 16.8. The molecule has 0 amide bonds. The molecule has 0 radical (unpaired) electrons. The van der Waals surface area contributed by atoms with Gasteiger partial charge in [0.1, 0.15) is 6.10 Å². The van der Waals surface area contributed by atoms with E-state index in [1.54, 1.807) is 0 Å². The molecular weight excluding hydrogens is 168 g/mol. The van der Waals surface area contributed by atoms with E-state index < -0.39 is 11.8 Å². The molecule has 0 saturated carbocycles. The topological polar surface area (TPSA) is 38.8 Å². The van der Waals surface area contributed by atoms with Crippen molar-refractivity contribution in [3.8, 4) is 0 Å². The van der Waals surface area contributed by atoms with Crippen LogP contribution in [0.4, 0.5) is 0 Å². The standard InChI is InChI=1S/C10H16O3/c1-5-8(11)12-10(6-2)9(13-10)7(3)4/h5,7,9H,1,6H2,2-4H3. The summed E-state index contributed by atoms with van der Waals surface area (Å²) in [6.45, 7) is 9.38. The van der Waals surface area contributed by atoms with E-state index in [2.05, 4.69) is 6.58 Å². The first-order valence-corrected chi connectivity index (χ1v) is 4.59. The fraction of sp³-hybridized carbons (Fsp3) is 0.700. The van der Waals surface area contributed by atoms with E-state index in [0.29, 0.717) is 12.3 Å². The summed E-state index contributed by atoms with van der Waals surface area (Å²) in [5.74, 6) is -0.707. The normalized spacial score (nSPS) is 31.5. The van der Waals surface area contributed by atoms with Crippen LogP contribution in [0.1, 0.15) is 27.2 Å². The molecule has 3 nitrogen and oxygen atoms in total. The van der Waals surface area contributed by atoms with Crippen LogP contribution in [0.15, 0.2) is 12.7 Å². The number of esters is 1. The molecule has 1 fully saturated rings. The lowest BCUT2D eigenvalue weighted by molar-refractivity contribution is -0.152. The van der Waals surface area contributed by atoms with Gasteiger partial charge in [-0.2, -0.15) is 0 Å². The minimum atomic E-state index is -0.667. The van der Waals surface area contributed by atoms with Gasteiger partial charge in [0.15, 0.2) is 0 Å². The van der Waals surface area contributed by atoms with E-state index in [0.717, 1.165) is 6.08 Å². The lowest BCUT2D eigenvalue weighted by Crippen LogP contribution is -2.24. The Balaban J connectivity index is 2.55. The average Bonchev–Trinajstić information content (AvgIpc) is 2.80. The van der Waals surface area contributed by atoms with Crippen molar-refractivity contribution in [1.82, 2.24) is 0 Å². The Kier molecular flexibility index (Phi) is 2.76. The number of rotatable bonds is 4. The second-order valence-electron chi connectivity index (χ2n) is 3.57. The maximum absolute atomic E-state index is 11.0. The highest BCUT2D eigenvalue weighted by Gasteiger charge is 2.60. The van der Waals surface area contributed by atoms with Gasteiger partial charge < -0.3 is 9.47 Å². The molecule has 1 rings (SSSR count). The van der Waals surface area contributed by atoms with Crippen LogP contribution < -0.4 is 0 Å². The van der Waals surface area contributed by atoms with Crippen LogP contribution in [-0.4, -0.2) is 17.9 Å². The van der Waals surface area contributed by atoms with Crippen LogP contribution in [0.25, 0.3) is 0 Å². The molecule has 3 heteroatoms. The quantitative estimate of drug-likeness (QED) is 0.380. The molecule has 13 heavy (non-hydrogen) atoms. The second kappa shape index (κ2) is 3.50. The Labute approximate surface area is 78.7 Å². The molecule has 2 unspecified atom stereocenters. The fourth-order valence-corrected chi connectivity index (χ4v) is 1.48. The summed E-state index contributed by atoms with van der Waals surface area (Å²) in [6, 6.07) is 0. The van der Waals surface area contributed by atoms with Gasteiger partial charge in [-0.3, -0.25) is 0 Å². The van der Waals surface area contributed by atoms with Crippen molar-refractivity contribution >= 4 is 5.97 Å². The van der Waals surface area contributed by atoms with E-state index >= 15 is 0 Å². The van der Waals surface area contributed by atoms with Crippen molar-refractivity contribution < 1.29 is 14.3 Å². The molecule has 0 aromatic heterocycles. The third-order valence-electron chi connectivity index (χ3n) is 2.24. The number of hydrogen-bond acceptors (Lipinski definition) is 3. The average molecular weight is 184 g/mol. The summed E-state index contributed by atoms with van der Waals surface area (Å²) in [5.41, 5.74) is 0. The monoisotopic (exact) mass is 184 g/mol. The van der Waals surface area contributed by atoms with Crippen molar-refractivity contribution in [3.63, 3.8) is 0 Å². The summed E-state index contributed by atoms with van der Waals surface area (Å²) in [4.78, 5) is 11.0. The molecule has 0 bridgehead atoms. The largest absolute Gasteiger partial charge is 0.427 e. The lowest BCUT2D eigenvalue weighted by Gasteiger charge is -2.11. The van der Waals surface area contributed by atoms with E-state index in [-0.39, 0.29) is 6.10 Å². The molecular formula is C10H16O3. The van der Waals surface area contributed by atoms with Crippen LogP contribution in [0, 0.1) is 5.92 Å². The number of epoxide rings is 1. The van der Waals surface area contributed by atoms with Gasteiger partial charge in [-0.05, 0) is 5.92 Å². The maximum Gasteiger partial charge on any atom is 0.332 e. The maximum atomic E-state index is 11.0. The van der Waals surface area contributed by atoms with Gasteiger partial charge >= 0.3 is 5.97 Å². The predicted octanol–water partition coefficient (Wildman–Crippen LogP) is 1.88. The molecule has 0 aromatic rings. The van der Waals surface area contributed by atoms with Gasteiger partial charge in [-0.15, -0.1) is 0 Å². The van der Waals surface area contributed by atoms with Crippen LogP contribution in [0.3, 0.4) is 0 Å². The summed E-state index contributed by atoms with van der Waals surface area (Å²) in [7, 11) is 0. The number of carbonyl (C=O) groups is 1. The SMILES string of the molecule is C=CC(=O)OC1(CC)OC1C(C)C. The molecule has 1 saturated heterocycles. The second-order valence-corrected chi connectivity index (χ2v) is 3.57. The minimum absolute atomic E-state index is 0.0430. The molecule has 1 aliphatic heterocycles. The zero-order chi connectivity index (χ0) is 10.1. The summed E-state index contributed by atoms with van der Waals surface area (Å²) < 4.78 is 10.5. The van der Waals surface area contributed by atoms with Gasteiger partial charge in [0.05, 0.1) is 0 Å². The van der Waals surface area contributed by atoms with Crippen LogP contribution in [-0.2, 0) is 14.3 Å². The fourth-order valence-electron chi connectivity index (χ4n) is 1.48. The van der Waals surface area contributed by atoms with Crippen molar-refractivity contribution in [1.29, 1.82) is 0 Å². The third-order valence-corrected chi connectivity index (χ3v) is 2.24. The first kappa shape index (κ1) is 10.3. The van der Waals surface area contributed by atoms with Crippen LogP contribution in [0.5, 0.6) is 0 Å². The molecule has 1 heterocycles. The smallest absolute Gasteiger partial charge is 0.332 e. The van der Waals surface area contributed by atoms with Gasteiger partial charge in [-0.25, -0.2) is 4.79 Å². The first-order valence-electron chi connectivity index (χ1n) is 4.59. The molecule has 2 atom stereocenters. The summed E-state index contributed by atoms with van der Waals surface area (Å²) >= 11 is 0. The Bertz CT molecular complexity index is 222. The summed E-state index contributed by atoms with van der Waals surface area (Å²) in [5, 5.41) is 0. The van der Waals surface area contributed by atoms with Gasteiger partial charge in [0.25, 0.3) is 0 Å². The highest BCUT2D eigenvalue weighted by molar-refractivity contribution is 5.81. The Morgan fingerprint density at radius 3 is 2.69 bits per heavy atom. The Morgan fingerprint density at radius 2 is 2.38 bits per heavy atom. The van der Waals surface area contributed by atoms with Crippen molar-refractivity contribution in [2.45, 2.75) is 39.1 Å². The van der Waals surface area contributed by atoms with Crippen LogP contribution in [0.2, 0.25) is 0 Å². The molecule has 0 aliphatic carbocycles. The van der Waals surface area contributed by atoms with E-state index in [9.17, 15) is 4.79 Å². The summed E-state index contributed by atoms with van der Waals surface area (Å²) in [6.07, 6.45) is 1.90. The van der Waals surface area contributed by atoms with Gasteiger partial charge in [-0.1, -0.05) is 27.4 Å². The number of ether oxygens (including phenoxy) is 2. The zero-order valence-electron chi connectivity index (χ0n) is 8.37. The van der Waals surface area contributed by atoms with Gasteiger partial charge in [0.2, 0.25) is 5.79 Å². The number of hydrogen-bond donors (Lipinski definition) is 0. The van der Waals surface area contributed by atoms with E-state index in [4.69, 9.17) is 9.47 Å². The van der Waals surface area contributed by atoms with Crippen molar-refractivity contribution in [3.05, 3.63) is 12.7 Å². The van der Waals surface area contributed by atoms with Crippen molar-refractivity contribution in [2.75, 3.05) is 0 Å². The van der Waals surface area contributed by atoms with Gasteiger partial charge in [0, 0.05) is 12.5 Å². The highest BCUT2D eigenvalue weighted by Crippen LogP contribution is 2.45. The van der Waals surface area contributed by atoms with E-state index in [1.165, 1.54) is 0 Å². The molecule has 0 spiro atoms. The molecule has 1 aliphatic rings. The first-order chi connectivity index (χ1) is 6.05. The Hall–Kier alpha value is -0.830. The van der Waals surface area contributed by atoms with E-state index in [1.807, 2.05) is 20.8 Å². The molecule has 0 aromatic carbocycles. The number of carbonyl (C=O) groups excluding carboxylic acids is 1. The van der Waals surface area contributed by atoms with Crippen LogP contribution >= 0.6 is 0 Å². The predicted molar refractivity (Wildman–Crippen MR) is 49.0 cm³/mol. The zero-order valence-corrected chi connectivity index (χ0v) is 8.37. The third kappa shape index (κ3) is 1.91. The van der Waals surface area contributed by atoms with Crippen molar-refractivity contribution in [2.24, 2.45) is 5.92 Å². The lowest BCUT2D eigenvalue weighted by atomic mass is 10.0. The molecule has 74 valence electrons.